The van der Waals surface area contributed by atoms with Gasteiger partial charge in [-0.2, -0.15) is 0 Å². The Hall–Kier alpha value is 0.0674. The van der Waals surface area contributed by atoms with Gasteiger partial charge >= 0.3 is 59.3 Å². The van der Waals surface area contributed by atoms with E-state index in [1.54, 1.807) is 17.7 Å². The van der Waals surface area contributed by atoms with Crippen molar-refractivity contribution in [2.24, 2.45) is 0 Å². The van der Waals surface area contributed by atoms with Crippen LogP contribution in [0.1, 0.15) is 19.8 Å². The van der Waals surface area contributed by atoms with Gasteiger partial charge in [0.25, 0.3) is 0 Å². The molecule has 0 saturated heterocycles. The van der Waals surface area contributed by atoms with Crippen LogP contribution in [0.4, 0.5) is 0 Å². The number of rotatable bonds is 3. The predicted molar refractivity (Wildman–Crippen MR) is 36.4 cm³/mol. The second-order valence-electron chi connectivity index (χ2n) is 1.91. The molecule has 0 bridgehead atoms. The van der Waals surface area contributed by atoms with Crippen LogP contribution >= 0.6 is 0 Å². The minimum atomic E-state index is 0.568. The van der Waals surface area contributed by atoms with Gasteiger partial charge in [0, 0.05) is 0 Å². The van der Waals surface area contributed by atoms with Crippen molar-refractivity contribution in [3.63, 3.8) is 0 Å². The Balaban J connectivity index is 2.82. The first kappa shape index (κ1) is 8.07. The standard InChI is InChI=1S/C5H11N2.Li/c1-2-3-4-7-5-6;/h2-4H2,1H3,(H2,6,7);. The molecule has 0 rings (SSSR count). The van der Waals surface area contributed by atoms with Crippen molar-refractivity contribution in [2.75, 3.05) is 6.54 Å². The Morgan fingerprint density at radius 2 is 2.38 bits per heavy atom. The van der Waals surface area contributed by atoms with Gasteiger partial charge in [0.05, 0.1) is 0 Å². The summed E-state index contributed by atoms with van der Waals surface area (Å²) >= 11 is 1.76. The zero-order valence-electron chi connectivity index (χ0n) is 5.62. The van der Waals surface area contributed by atoms with Gasteiger partial charge in [0.1, 0.15) is 0 Å². The summed E-state index contributed by atoms with van der Waals surface area (Å²) in [4.78, 5) is 0. The van der Waals surface area contributed by atoms with Gasteiger partial charge in [-0.25, -0.2) is 0 Å². The fourth-order valence-corrected chi connectivity index (χ4v) is 0.453. The van der Waals surface area contributed by atoms with Crippen LogP contribution in [0.5, 0.6) is 0 Å². The molecule has 0 aromatic carbocycles. The average Bonchev–Trinajstić information content (AvgIpc) is 1.66. The van der Waals surface area contributed by atoms with Gasteiger partial charge in [-0.15, -0.1) is 0 Å². The SMILES string of the molecule is [Li][C](=N)NCCCC. The van der Waals surface area contributed by atoms with Crippen molar-refractivity contribution < 1.29 is 0 Å². The molecule has 0 unspecified atom stereocenters. The van der Waals surface area contributed by atoms with Gasteiger partial charge in [0.15, 0.2) is 0 Å². The van der Waals surface area contributed by atoms with E-state index in [2.05, 4.69) is 12.2 Å². The maximum absolute atomic E-state index is 6.96. The summed E-state index contributed by atoms with van der Waals surface area (Å²) in [6, 6.07) is 0. The molecule has 0 aliphatic rings. The van der Waals surface area contributed by atoms with Crippen molar-refractivity contribution in [1.82, 2.24) is 5.32 Å². The second-order valence-corrected chi connectivity index (χ2v) is 1.91. The summed E-state index contributed by atoms with van der Waals surface area (Å²) in [5, 5.41) is 9.89. The molecule has 0 aromatic rings. The Kier molecular flexibility index (Phi) is 5.25. The molecule has 2 nitrogen and oxygen atoms in total. The van der Waals surface area contributed by atoms with Crippen molar-refractivity contribution >= 4 is 22.2 Å². The van der Waals surface area contributed by atoms with Crippen LogP contribution in [0.2, 0.25) is 0 Å². The first-order valence-corrected chi connectivity index (χ1v) is 3.06. The normalized spacial score (nSPS) is 8.88. The molecule has 0 saturated carbocycles. The van der Waals surface area contributed by atoms with E-state index < -0.39 is 0 Å². The Bertz CT molecular complexity index is 72.8. The topological polar surface area (TPSA) is 35.9 Å². The third kappa shape index (κ3) is 6.07. The van der Waals surface area contributed by atoms with E-state index in [1.165, 1.54) is 6.42 Å². The first-order valence-electron chi connectivity index (χ1n) is 3.06. The Morgan fingerprint density at radius 3 is 2.75 bits per heavy atom. The van der Waals surface area contributed by atoms with Gasteiger partial charge in [0.2, 0.25) is 0 Å². The van der Waals surface area contributed by atoms with E-state index in [4.69, 9.17) is 5.41 Å². The molecular weight excluding hydrogens is 95.0 g/mol. The van der Waals surface area contributed by atoms with Gasteiger partial charge in [-0.1, -0.05) is 0 Å². The fourth-order valence-electron chi connectivity index (χ4n) is 0.453. The summed E-state index contributed by atoms with van der Waals surface area (Å²) in [6.07, 6.45) is 2.36. The summed E-state index contributed by atoms with van der Waals surface area (Å²) in [6.45, 7) is 3.09. The Morgan fingerprint density at radius 1 is 1.75 bits per heavy atom. The van der Waals surface area contributed by atoms with E-state index >= 15 is 0 Å². The molecule has 0 aliphatic carbocycles. The van der Waals surface area contributed by atoms with E-state index in [-0.39, 0.29) is 0 Å². The molecule has 2 N–H and O–H groups in total. The monoisotopic (exact) mass is 106 g/mol. The zero-order valence-corrected chi connectivity index (χ0v) is 5.62. The number of unbranched alkanes of at least 4 members (excludes halogenated alkanes) is 1. The van der Waals surface area contributed by atoms with Gasteiger partial charge < -0.3 is 0 Å². The molecular formula is C5H11LiN2. The summed E-state index contributed by atoms with van der Waals surface area (Å²) in [5.41, 5.74) is 0. The van der Waals surface area contributed by atoms with Crippen LogP contribution < -0.4 is 5.32 Å². The molecule has 0 aliphatic heterocycles. The molecule has 0 radical (unpaired) electrons. The van der Waals surface area contributed by atoms with Crippen LogP contribution in [0, 0.1) is 5.41 Å². The fraction of sp³-hybridized carbons (Fsp3) is 0.800. The molecule has 8 heavy (non-hydrogen) atoms. The molecule has 0 aromatic heterocycles. The average molecular weight is 106 g/mol. The van der Waals surface area contributed by atoms with Gasteiger partial charge in [-0.05, 0) is 0 Å². The van der Waals surface area contributed by atoms with Crippen LogP contribution in [0.25, 0.3) is 0 Å². The Labute approximate surface area is 59.8 Å². The van der Waals surface area contributed by atoms with Crippen LogP contribution in [-0.4, -0.2) is 28.8 Å². The quantitative estimate of drug-likeness (QED) is 0.233. The molecule has 0 heterocycles. The molecule has 0 fully saturated rings. The van der Waals surface area contributed by atoms with Crippen LogP contribution in [0.3, 0.4) is 0 Å². The van der Waals surface area contributed by atoms with E-state index in [9.17, 15) is 0 Å². The van der Waals surface area contributed by atoms with Crippen LogP contribution in [-0.2, 0) is 0 Å². The van der Waals surface area contributed by atoms with E-state index in [1.807, 2.05) is 0 Å². The van der Waals surface area contributed by atoms with Crippen molar-refractivity contribution in [3.05, 3.63) is 0 Å². The third-order valence-electron chi connectivity index (χ3n) is 0.920. The van der Waals surface area contributed by atoms with E-state index in [0.717, 1.165) is 13.0 Å². The first-order chi connectivity index (χ1) is 3.77. The summed E-state index contributed by atoms with van der Waals surface area (Å²) < 4.78 is 0.568. The third-order valence-corrected chi connectivity index (χ3v) is 0.920. The van der Waals surface area contributed by atoms with E-state index in [0.29, 0.717) is 4.51 Å². The summed E-state index contributed by atoms with van der Waals surface area (Å²) in [5.74, 6) is 0. The zero-order chi connectivity index (χ0) is 6.41. The summed E-state index contributed by atoms with van der Waals surface area (Å²) in [7, 11) is 0. The molecule has 42 valence electrons. The van der Waals surface area contributed by atoms with Crippen molar-refractivity contribution in [1.29, 1.82) is 5.41 Å². The van der Waals surface area contributed by atoms with Crippen LogP contribution in [0.15, 0.2) is 0 Å². The molecule has 0 amide bonds. The molecule has 0 atom stereocenters. The number of hydrogen-bond donors (Lipinski definition) is 2. The maximum atomic E-state index is 6.96. The predicted octanol–water partition coefficient (Wildman–Crippen LogP) is 0.479. The van der Waals surface area contributed by atoms with Gasteiger partial charge in [-0.3, -0.25) is 0 Å². The molecule has 3 heteroatoms. The molecule has 0 spiro atoms. The van der Waals surface area contributed by atoms with Crippen molar-refractivity contribution in [3.8, 4) is 0 Å². The second kappa shape index (κ2) is 5.21. The number of hydrogen-bond acceptors (Lipinski definition) is 1. The minimum absolute atomic E-state index is 0.568. The number of amidine groups is 1. The van der Waals surface area contributed by atoms with Crippen molar-refractivity contribution in [2.45, 2.75) is 19.8 Å². The number of nitrogens with one attached hydrogen (secondary N) is 2.